The lowest BCUT2D eigenvalue weighted by Crippen LogP contribution is -2.36. The Bertz CT molecular complexity index is 868. The monoisotopic (exact) mass is 333 g/mol. The molecule has 0 aliphatic carbocycles. The molecule has 1 atom stereocenters. The van der Waals surface area contributed by atoms with Crippen LogP contribution in [-0.4, -0.2) is 16.8 Å². The molecule has 1 aliphatic rings. The number of rotatable bonds is 5. The van der Waals surface area contributed by atoms with E-state index in [9.17, 15) is 14.7 Å². The van der Waals surface area contributed by atoms with E-state index >= 15 is 0 Å². The van der Waals surface area contributed by atoms with Crippen LogP contribution in [0.1, 0.15) is 23.1 Å². The summed E-state index contributed by atoms with van der Waals surface area (Å²) in [6.45, 7) is 1.87. The molecule has 3 rings (SSSR count). The average molecular weight is 333 g/mol. The highest BCUT2D eigenvalue weighted by Crippen LogP contribution is 2.39. The van der Waals surface area contributed by atoms with Crippen LogP contribution in [0.4, 0.5) is 5.69 Å². The van der Waals surface area contributed by atoms with Gasteiger partial charge in [-0.1, -0.05) is 66.3 Å². The Kier molecular flexibility index (Phi) is 4.63. The van der Waals surface area contributed by atoms with Crippen molar-refractivity contribution in [3.63, 3.8) is 0 Å². The quantitative estimate of drug-likeness (QED) is 0.651. The number of hydrogen-bond acceptors (Lipinski definition) is 3. The number of aliphatic hydroxyl groups is 1. The van der Waals surface area contributed by atoms with Crippen molar-refractivity contribution in [2.24, 2.45) is 0 Å². The van der Waals surface area contributed by atoms with Gasteiger partial charge in [-0.05, 0) is 24.6 Å². The van der Waals surface area contributed by atoms with Crippen LogP contribution in [-0.2, 0) is 15.2 Å². The normalized spacial score (nSPS) is 19.4. The molecule has 1 heterocycles. The standard InChI is InChI=1S/C21H19NO3/c1-15-11-12-19-18(13-15)21(25,20(24)22-19)14-17(23)10-6-5-9-16-7-3-2-4-8-16/h2-13,25H,14H2,1H3,(H,22,24)/t21-/m0/s1. The Labute approximate surface area is 146 Å². The lowest BCUT2D eigenvalue weighted by Gasteiger charge is -2.19. The summed E-state index contributed by atoms with van der Waals surface area (Å²) in [6, 6.07) is 15.0. The van der Waals surface area contributed by atoms with Crippen molar-refractivity contribution in [1.82, 2.24) is 0 Å². The van der Waals surface area contributed by atoms with E-state index in [0.29, 0.717) is 11.3 Å². The van der Waals surface area contributed by atoms with Crippen LogP contribution in [0.5, 0.6) is 0 Å². The maximum atomic E-state index is 12.2. The smallest absolute Gasteiger partial charge is 0.261 e. The zero-order valence-electron chi connectivity index (χ0n) is 13.9. The summed E-state index contributed by atoms with van der Waals surface area (Å²) in [4.78, 5) is 24.4. The van der Waals surface area contributed by atoms with E-state index in [1.165, 1.54) is 6.08 Å². The summed E-state index contributed by atoms with van der Waals surface area (Å²) in [5.74, 6) is -0.876. The van der Waals surface area contributed by atoms with E-state index in [1.54, 1.807) is 24.3 Å². The number of carbonyl (C=O) groups excluding carboxylic acids is 2. The predicted molar refractivity (Wildman–Crippen MR) is 97.9 cm³/mol. The van der Waals surface area contributed by atoms with Gasteiger partial charge < -0.3 is 10.4 Å². The fourth-order valence-corrected chi connectivity index (χ4v) is 2.84. The van der Waals surface area contributed by atoms with E-state index in [-0.39, 0.29) is 12.2 Å². The molecular formula is C21H19NO3. The Morgan fingerprint density at radius 1 is 1.16 bits per heavy atom. The first-order valence-electron chi connectivity index (χ1n) is 8.07. The third kappa shape index (κ3) is 3.59. The number of amides is 1. The third-order valence-corrected chi connectivity index (χ3v) is 4.16. The minimum Gasteiger partial charge on any atom is -0.375 e. The SMILES string of the molecule is Cc1ccc2c(c1)[C@@](O)(CC(=O)C=CC=Cc1ccccc1)C(=O)N2. The van der Waals surface area contributed by atoms with Crippen LogP contribution < -0.4 is 5.32 Å². The molecule has 2 aromatic rings. The molecule has 1 amide bonds. The predicted octanol–water partition coefficient (Wildman–Crippen LogP) is 3.36. The molecule has 2 N–H and O–H groups in total. The molecule has 4 nitrogen and oxygen atoms in total. The molecule has 0 fully saturated rings. The molecule has 126 valence electrons. The Morgan fingerprint density at radius 2 is 1.92 bits per heavy atom. The number of carbonyl (C=O) groups is 2. The number of fused-ring (bicyclic) bond motifs is 1. The molecule has 0 spiro atoms. The second-order valence-corrected chi connectivity index (χ2v) is 6.14. The van der Waals surface area contributed by atoms with Gasteiger partial charge in [0.1, 0.15) is 0 Å². The second kappa shape index (κ2) is 6.87. The fourth-order valence-electron chi connectivity index (χ4n) is 2.84. The number of aryl methyl sites for hydroxylation is 1. The number of anilines is 1. The third-order valence-electron chi connectivity index (χ3n) is 4.16. The summed E-state index contributed by atoms with van der Waals surface area (Å²) in [6.07, 6.45) is 6.33. The molecule has 25 heavy (non-hydrogen) atoms. The zero-order chi connectivity index (χ0) is 17.9. The summed E-state index contributed by atoms with van der Waals surface area (Å²) in [5.41, 5.74) is 1.14. The molecule has 0 bridgehead atoms. The number of allylic oxidation sites excluding steroid dienone is 3. The van der Waals surface area contributed by atoms with E-state index in [4.69, 9.17) is 0 Å². The molecular weight excluding hydrogens is 314 g/mol. The highest BCUT2D eigenvalue weighted by atomic mass is 16.3. The Hall–Kier alpha value is -2.98. The van der Waals surface area contributed by atoms with Gasteiger partial charge in [0.05, 0.1) is 6.42 Å². The Balaban J connectivity index is 1.71. The molecule has 0 unspecified atom stereocenters. The molecule has 0 radical (unpaired) electrons. The molecule has 1 aliphatic heterocycles. The van der Waals surface area contributed by atoms with Crippen LogP contribution in [0.15, 0.2) is 66.8 Å². The molecule has 2 aromatic carbocycles. The minimum atomic E-state index is -1.81. The number of nitrogens with one attached hydrogen (secondary N) is 1. The van der Waals surface area contributed by atoms with Gasteiger partial charge in [-0.3, -0.25) is 9.59 Å². The first-order chi connectivity index (χ1) is 12.0. The highest BCUT2D eigenvalue weighted by molar-refractivity contribution is 6.08. The van der Waals surface area contributed by atoms with E-state index in [2.05, 4.69) is 5.32 Å². The van der Waals surface area contributed by atoms with E-state index in [0.717, 1.165) is 11.1 Å². The topological polar surface area (TPSA) is 66.4 Å². The van der Waals surface area contributed by atoms with E-state index in [1.807, 2.05) is 49.4 Å². The van der Waals surface area contributed by atoms with Gasteiger partial charge in [0.25, 0.3) is 5.91 Å². The van der Waals surface area contributed by atoms with Crippen molar-refractivity contribution in [3.8, 4) is 0 Å². The van der Waals surface area contributed by atoms with Crippen molar-refractivity contribution in [1.29, 1.82) is 0 Å². The van der Waals surface area contributed by atoms with Crippen molar-refractivity contribution >= 4 is 23.5 Å². The summed E-state index contributed by atoms with van der Waals surface area (Å²) in [5, 5.41) is 13.4. The highest BCUT2D eigenvalue weighted by Gasteiger charge is 2.46. The van der Waals surface area contributed by atoms with Crippen LogP contribution in [0.3, 0.4) is 0 Å². The first kappa shape index (κ1) is 16.9. The maximum absolute atomic E-state index is 12.2. The summed E-state index contributed by atoms with van der Waals surface area (Å²) >= 11 is 0. The Morgan fingerprint density at radius 3 is 2.68 bits per heavy atom. The lowest BCUT2D eigenvalue weighted by atomic mass is 9.89. The van der Waals surface area contributed by atoms with Gasteiger partial charge in [-0.25, -0.2) is 0 Å². The number of benzene rings is 2. The number of hydrogen-bond donors (Lipinski definition) is 2. The number of ketones is 1. The largest absolute Gasteiger partial charge is 0.375 e. The summed E-state index contributed by atoms with van der Waals surface area (Å²) in [7, 11) is 0. The van der Waals surface area contributed by atoms with Crippen LogP contribution in [0, 0.1) is 6.92 Å². The van der Waals surface area contributed by atoms with Gasteiger partial charge in [0, 0.05) is 11.3 Å². The summed E-state index contributed by atoms with van der Waals surface area (Å²) < 4.78 is 0. The van der Waals surface area contributed by atoms with Gasteiger partial charge in [0.2, 0.25) is 0 Å². The molecule has 0 aromatic heterocycles. The minimum absolute atomic E-state index is 0.287. The molecule has 0 saturated heterocycles. The van der Waals surface area contributed by atoms with Crippen LogP contribution in [0.25, 0.3) is 6.08 Å². The van der Waals surface area contributed by atoms with Crippen molar-refractivity contribution < 1.29 is 14.7 Å². The van der Waals surface area contributed by atoms with Gasteiger partial charge in [-0.2, -0.15) is 0 Å². The van der Waals surface area contributed by atoms with Crippen LogP contribution >= 0.6 is 0 Å². The van der Waals surface area contributed by atoms with Crippen molar-refractivity contribution in [3.05, 3.63) is 83.4 Å². The lowest BCUT2D eigenvalue weighted by molar-refractivity contribution is -0.138. The second-order valence-electron chi connectivity index (χ2n) is 6.14. The van der Waals surface area contributed by atoms with Gasteiger partial charge in [-0.15, -0.1) is 0 Å². The van der Waals surface area contributed by atoms with Gasteiger partial charge >= 0.3 is 0 Å². The average Bonchev–Trinajstić information content (AvgIpc) is 2.83. The molecule has 0 saturated carbocycles. The van der Waals surface area contributed by atoms with Gasteiger partial charge in [0.15, 0.2) is 11.4 Å². The van der Waals surface area contributed by atoms with Crippen LogP contribution in [0.2, 0.25) is 0 Å². The first-order valence-corrected chi connectivity index (χ1v) is 8.07. The zero-order valence-corrected chi connectivity index (χ0v) is 13.9. The van der Waals surface area contributed by atoms with E-state index < -0.39 is 11.5 Å². The fraction of sp³-hybridized carbons (Fsp3) is 0.143. The van der Waals surface area contributed by atoms with Crippen molar-refractivity contribution in [2.45, 2.75) is 18.9 Å². The van der Waals surface area contributed by atoms with Crippen molar-refractivity contribution in [2.75, 3.05) is 5.32 Å². The maximum Gasteiger partial charge on any atom is 0.261 e. The molecule has 4 heteroatoms.